The fourth-order valence-electron chi connectivity index (χ4n) is 1.23. The third-order valence-corrected chi connectivity index (χ3v) is 2.07. The zero-order chi connectivity index (χ0) is 11.3. The summed E-state index contributed by atoms with van der Waals surface area (Å²) in [5.41, 5.74) is 1.23. The van der Waals surface area contributed by atoms with Gasteiger partial charge in [-0.15, -0.1) is 0 Å². The fraction of sp³-hybridized carbons (Fsp3) is 0.300. The molecule has 5 nitrogen and oxygen atoms in total. The van der Waals surface area contributed by atoms with Gasteiger partial charge in [-0.3, -0.25) is 5.32 Å². The van der Waals surface area contributed by atoms with E-state index in [-0.39, 0.29) is 19.1 Å². The largest absolute Gasteiger partial charge is 0.465 e. The average Bonchev–Trinajstić information content (AvgIpc) is 2.21. The van der Waals surface area contributed by atoms with Gasteiger partial charge in [-0.2, -0.15) is 0 Å². The van der Waals surface area contributed by atoms with Gasteiger partial charge in [-0.1, -0.05) is 12.1 Å². The van der Waals surface area contributed by atoms with Crippen molar-refractivity contribution in [1.29, 1.82) is 0 Å². The first-order valence-corrected chi connectivity index (χ1v) is 4.49. The van der Waals surface area contributed by atoms with Gasteiger partial charge in [-0.25, -0.2) is 4.79 Å². The summed E-state index contributed by atoms with van der Waals surface area (Å²) in [7, 11) is 0. The van der Waals surface area contributed by atoms with E-state index in [0.717, 1.165) is 5.56 Å². The van der Waals surface area contributed by atoms with Crippen LogP contribution in [0.25, 0.3) is 0 Å². The Morgan fingerprint density at radius 2 is 1.73 bits per heavy atom. The van der Waals surface area contributed by atoms with Crippen molar-refractivity contribution in [3.05, 3.63) is 29.8 Å². The molecule has 1 rings (SSSR count). The molecule has 0 fully saturated rings. The summed E-state index contributed by atoms with van der Waals surface area (Å²) in [5, 5.41) is 28.5. The summed E-state index contributed by atoms with van der Waals surface area (Å²) in [5.74, 6) is -0.316. The molecular formula is C10H13NO4. The normalized spacial score (nSPS) is 10.3. The van der Waals surface area contributed by atoms with Gasteiger partial charge in [0.2, 0.25) is 0 Å². The van der Waals surface area contributed by atoms with Crippen LogP contribution in [0.4, 0.5) is 10.5 Å². The Morgan fingerprint density at radius 1 is 1.20 bits per heavy atom. The lowest BCUT2D eigenvalue weighted by molar-refractivity contribution is 0.192. The monoisotopic (exact) mass is 211 g/mol. The second-order valence-electron chi connectivity index (χ2n) is 3.11. The molecule has 0 saturated heterocycles. The number of benzene rings is 1. The van der Waals surface area contributed by atoms with E-state index >= 15 is 0 Å². The van der Waals surface area contributed by atoms with E-state index in [2.05, 4.69) is 5.32 Å². The van der Waals surface area contributed by atoms with Crippen LogP contribution in [0.5, 0.6) is 0 Å². The summed E-state index contributed by atoms with van der Waals surface area (Å²) in [6, 6.07) is 6.51. The molecular weight excluding hydrogens is 198 g/mol. The minimum Gasteiger partial charge on any atom is -0.465 e. The maximum atomic E-state index is 10.3. The van der Waals surface area contributed by atoms with Crippen molar-refractivity contribution in [2.75, 3.05) is 18.5 Å². The zero-order valence-electron chi connectivity index (χ0n) is 8.05. The molecule has 4 N–H and O–H groups in total. The molecule has 0 unspecified atom stereocenters. The highest BCUT2D eigenvalue weighted by molar-refractivity contribution is 5.82. The second kappa shape index (κ2) is 5.33. The van der Waals surface area contributed by atoms with Gasteiger partial charge in [0.1, 0.15) is 0 Å². The Labute approximate surface area is 87.0 Å². The van der Waals surface area contributed by atoms with E-state index in [1.165, 1.54) is 0 Å². The number of aliphatic hydroxyl groups excluding tert-OH is 2. The van der Waals surface area contributed by atoms with Crippen LogP contribution in [-0.4, -0.2) is 34.6 Å². The summed E-state index contributed by atoms with van der Waals surface area (Å²) in [4.78, 5) is 10.3. The van der Waals surface area contributed by atoms with Crippen LogP contribution in [0.1, 0.15) is 11.5 Å². The van der Waals surface area contributed by atoms with Crippen LogP contribution in [-0.2, 0) is 0 Å². The number of amides is 1. The molecule has 1 aromatic rings. The SMILES string of the molecule is O=C(O)Nc1ccc(C(CO)CO)cc1. The van der Waals surface area contributed by atoms with Crippen LogP contribution >= 0.6 is 0 Å². The number of aliphatic hydroxyl groups is 2. The molecule has 0 aromatic heterocycles. The number of nitrogens with one attached hydrogen (secondary N) is 1. The van der Waals surface area contributed by atoms with E-state index in [1.54, 1.807) is 24.3 Å². The van der Waals surface area contributed by atoms with E-state index < -0.39 is 6.09 Å². The molecule has 82 valence electrons. The predicted octanol–water partition coefficient (Wildman–Crippen LogP) is 0.845. The van der Waals surface area contributed by atoms with Gasteiger partial charge in [0.25, 0.3) is 0 Å². The molecule has 0 bridgehead atoms. The first-order chi connectivity index (χ1) is 7.17. The number of carbonyl (C=O) groups is 1. The predicted molar refractivity (Wildman–Crippen MR) is 55.0 cm³/mol. The summed E-state index contributed by atoms with van der Waals surface area (Å²) in [6.07, 6.45) is -1.12. The summed E-state index contributed by atoms with van der Waals surface area (Å²) in [6.45, 7) is -0.273. The number of rotatable bonds is 4. The summed E-state index contributed by atoms with van der Waals surface area (Å²) < 4.78 is 0. The van der Waals surface area contributed by atoms with Gasteiger partial charge in [0, 0.05) is 11.6 Å². The number of hydrogen-bond acceptors (Lipinski definition) is 3. The van der Waals surface area contributed by atoms with Crippen LogP contribution in [0.2, 0.25) is 0 Å². The van der Waals surface area contributed by atoms with Crippen LogP contribution in [0, 0.1) is 0 Å². The van der Waals surface area contributed by atoms with Crippen molar-refractivity contribution in [3.8, 4) is 0 Å². The lowest BCUT2D eigenvalue weighted by Gasteiger charge is -2.11. The Hall–Kier alpha value is -1.59. The Balaban J connectivity index is 2.75. The van der Waals surface area contributed by atoms with E-state index in [9.17, 15) is 4.79 Å². The van der Waals surface area contributed by atoms with Crippen LogP contribution < -0.4 is 5.32 Å². The molecule has 0 aliphatic rings. The highest BCUT2D eigenvalue weighted by Gasteiger charge is 2.08. The van der Waals surface area contributed by atoms with Gasteiger partial charge in [0.05, 0.1) is 13.2 Å². The topological polar surface area (TPSA) is 89.8 Å². The number of carboxylic acid groups (broad SMARTS) is 1. The van der Waals surface area contributed by atoms with E-state index in [4.69, 9.17) is 15.3 Å². The summed E-state index contributed by atoms with van der Waals surface area (Å²) >= 11 is 0. The maximum Gasteiger partial charge on any atom is 0.409 e. The second-order valence-corrected chi connectivity index (χ2v) is 3.11. The molecule has 1 aromatic carbocycles. The van der Waals surface area contributed by atoms with Crippen molar-refractivity contribution in [1.82, 2.24) is 0 Å². The highest BCUT2D eigenvalue weighted by atomic mass is 16.4. The Kier molecular flexibility index (Phi) is 4.08. The third-order valence-electron chi connectivity index (χ3n) is 2.07. The molecule has 1 amide bonds. The molecule has 0 saturated carbocycles. The van der Waals surface area contributed by atoms with Crippen LogP contribution in [0.15, 0.2) is 24.3 Å². The molecule has 0 aliphatic carbocycles. The van der Waals surface area contributed by atoms with Gasteiger partial charge in [-0.05, 0) is 17.7 Å². The quantitative estimate of drug-likeness (QED) is 0.594. The van der Waals surface area contributed by atoms with Crippen molar-refractivity contribution in [2.45, 2.75) is 5.92 Å². The molecule has 0 heterocycles. The molecule has 0 spiro atoms. The smallest absolute Gasteiger partial charge is 0.409 e. The standard InChI is InChI=1S/C10H13NO4/c12-5-8(6-13)7-1-3-9(4-2-7)11-10(14)15/h1-4,8,11-13H,5-6H2,(H,14,15). The Bertz CT molecular complexity index is 319. The van der Waals surface area contributed by atoms with E-state index in [0.29, 0.717) is 5.69 Å². The van der Waals surface area contributed by atoms with E-state index in [1.807, 2.05) is 0 Å². The highest BCUT2D eigenvalue weighted by Crippen LogP contribution is 2.17. The minimum atomic E-state index is -1.12. The lowest BCUT2D eigenvalue weighted by Crippen LogP contribution is -2.10. The fourth-order valence-corrected chi connectivity index (χ4v) is 1.23. The lowest BCUT2D eigenvalue weighted by atomic mass is 10.0. The van der Waals surface area contributed by atoms with Crippen molar-refractivity contribution in [3.63, 3.8) is 0 Å². The van der Waals surface area contributed by atoms with Crippen LogP contribution in [0.3, 0.4) is 0 Å². The first-order valence-electron chi connectivity index (χ1n) is 4.49. The van der Waals surface area contributed by atoms with Crippen molar-refractivity contribution < 1.29 is 20.1 Å². The first kappa shape index (κ1) is 11.5. The van der Waals surface area contributed by atoms with Crippen molar-refractivity contribution >= 4 is 11.8 Å². The van der Waals surface area contributed by atoms with Crippen molar-refractivity contribution in [2.24, 2.45) is 0 Å². The number of hydrogen-bond donors (Lipinski definition) is 4. The third kappa shape index (κ3) is 3.23. The number of anilines is 1. The zero-order valence-corrected chi connectivity index (χ0v) is 8.05. The molecule has 0 aliphatic heterocycles. The molecule has 5 heteroatoms. The minimum absolute atomic E-state index is 0.137. The maximum absolute atomic E-state index is 10.3. The molecule has 0 atom stereocenters. The molecule has 15 heavy (non-hydrogen) atoms. The Morgan fingerprint density at radius 3 is 2.13 bits per heavy atom. The molecule has 0 radical (unpaired) electrons. The van der Waals surface area contributed by atoms with Gasteiger partial charge < -0.3 is 15.3 Å². The van der Waals surface area contributed by atoms with Gasteiger partial charge in [0.15, 0.2) is 0 Å². The van der Waals surface area contributed by atoms with Gasteiger partial charge >= 0.3 is 6.09 Å². The average molecular weight is 211 g/mol.